The first kappa shape index (κ1) is 14.2. The van der Waals surface area contributed by atoms with Crippen molar-refractivity contribution in [1.82, 2.24) is 5.32 Å². The summed E-state index contributed by atoms with van der Waals surface area (Å²) >= 11 is 0. The van der Waals surface area contributed by atoms with Gasteiger partial charge in [0.15, 0.2) is 0 Å². The monoisotopic (exact) mass is 312 g/mol. The Morgan fingerprint density at radius 1 is 1.09 bits per heavy atom. The molecule has 23 heavy (non-hydrogen) atoms. The highest BCUT2D eigenvalue weighted by molar-refractivity contribution is 5.90. The first-order valence-electron chi connectivity index (χ1n) is 7.71. The summed E-state index contributed by atoms with van der Waals surface area (Å²) < 4.78 is 18.3. The Bertz CT molecular complexity index is 745. The van der Waals surface area contributed by atoms with E-state index in [0.29, 0.717) is 13.2 Å². The highest BCUT2D eigenvalue weighted by Gasteiger charge is 2.39. The van der Waals surface area contributed by atoms with Crippen LogP contribution >= 0.6 is 0 Å². The minimum atomic E-state index is -0.239. The predicted octanol–water partition coefficient (Wildman–Crippen LogP) is 3.53. The number of halogens is 1. The molecule has 0 unspecified atom stereocenters. The summed E-state index contributed by atoms with van der Waals surface area (Å²) in [7, 11) is 0. The van der Waals surface area contributed by atoms with Crippen molar-refractivity contribution >= 4 is 11.7 Å². The lowest BCUT2D eigenvalue weighted by Crippen LogP contribution is -2.31. The van der Waals surface area contributed by atoms with Crippen LogP contribution in [0.3, 0.4) is 0 Å². The Kier molecular flexibility index (Phi) is 3.50. The number of hydrogen-bond acceptors (Lipinski definition) is 2. The molecular formula is C18H17FN2O2. The number of urea groups is 1. The molecule has 0 aromatic heterocycles. The van der Waals surface area contributed by atoms with Gasteiger partial charge in [0.1, 0.15) is 5.82 Å². The summed E-state index contributed by atoms with van der Waals surface area (Å²) in [5.41, 5.74) is 4.13. The van der Waals surface area contributed by atoms with E-state index in [9.17, 15) is 9.18 Å². The van der Waals surface area contributed by atoms with Crippen LogP contribution in [0.25, 0.3) is 0 Å². The van der Waals surface area contributed by atoms with E-state index >= 15 is 0 Å². The number of carbonyl (C=O) groups is 1. The van der Waals surface area contributed by atoms with Crippen molar-refractivity contribution in [3.8, 4) is 0 Å². The second kappa shape index (κ2) is 5.66. The van der Waals surface area contributed by atoms with Crippen LogP contribution in [0.2, 0.25) is 0 Å². The zero-order valence-corrected chi connectivity index (χ0v) is 12.5. The van der Waals surface area contributed by atoms with Crippen molar-refractivity contribution in [3.63, 3.8) is 0 Å². The average molecular weight is 312 g/mol. The van der Waals surface area contributed by atoms with E-state index in [1.807, 2.05) is 18.2 Å². The van der Waals surface area contributed by atoms with Gasteiger partial charge in [-0.15, -0.1) is 0 Å². The number of nitrogens with one attached hydrogen (secondary N) is 2. The molecule has 1 saturated carbocycles. The third-order valence-electron chi connectivity index (χ3n) is 4.38. The minimum Gasteiger partial charge on any atom is -0.372 e. The van der Waals surface area contributed by atoms with Crippen LogP contribution in [0.4, 0.5) is 14.9 Å². The molecule has 2 aromatic carbocycles. The van der Waals surface area contributed by atoms with Gasteiger partial charge in [0.05, 0.1) is 13.2 Å². The second-order valence-corrected chi connectivity index (χ2v) is 6.07. The van der Waals surface area contributed by atoms with Crippen LogP contribution in [0.5, 0.6) is 0 Å². The van der Waals surface area contributed by atoms with Gasteiger partial charge in [0, 0.05) is 17.6 Å². The molecule has 2 atom stereocenters. The average Bonchev–Trinajstić information content (AvgIpc) is 3.13. The van der Waals surface area contributed by atoms with Crippen molar-refractivity contribution in [2.75, 3.05) is 5.32 Å². The summed E-state index contributed by atoms with van der Waals surface area (Å²) in [6.07, 6.45) is 0.886. The first-order valence-corrected chi connectivity index (χ1v) is 7.71. The van der Waals surface area contributed by atoms with Gasteiger partial charge in [-0.05, 0) is 47.4 Å². The summed E-state index contributed by atoms with van der Waals surface area (Å²) in [5, 5.41) is 5.82. The van der Waals surface area contributed by atoms with E-state index in [1.165, 1.54) is 17.7 Å². The number of hydrogen-bond donors (Lipinski definition) is 2. The summed E-state index contributed by atoms with van der Waals surface area (Å²) in [6, 6.07) is 12.2. The van der Waals surface area contributed by atoms with E-state index in [2.05, 4.69) is 10.6 Å². The smallest absolute Gasteiger partial charge is 0.319 e. The molecule has 1 fully saturated rings. The molecule has 118 valence electrons. The fourth-order valence-electron chi connectivity index (χ4n) is 3.02. The lowest BCUT2D eigenvalue weighted by atomic mass is 10.1. The van der Waals surface area contributed by atoms with Crippen molar-refractivity contribution in [3.05, 3.63) is 65.0 Å². The van der Waals surface area contributed by atoms with Crippen LogP contribution in [-0.2, 0) is 18.0 Å². The van der Waals surface area contributed by atoms with Gasteiger partial charge in [0.25, 0.3) is 0 Å². The largest absolute Gasteiger partial charge is 0.372 e. The van der Waals surface area contributed by atoms with Crippen molar-refractivity contribution < 1.29 is 13.9 Å². The highest BCUT2D eigenvalue weighted by Crippen LogP contribution is 2.40. The Morgan fingerprint density at radius 2 is 1.87 bits per heavy atom. The molecule has 0 spiro atoms. The molecular weight excluding hydrogens is 295 g/mol. The Hall–Kier alpha value is -2.40. The molecule has 2 aromatic rings. The number of carbonyl (C=O) groups excluding carboxylic acids is 1. The maximum Gasteiger partial charge on any atom is 0.319 e. The molecule has 5 heteroatoms. The molecule has 0 radical (unpaired) electrons. The van der Waals surface area contributed by atoms with Crippen LogP contribution in [0.1, 0.15) is 29.0 Å². The standard InChI is InChI=1S/C18H17FN2O2/c19-14-4-1-11(2-5-14)16-8-17(16)21-18(22)20-15-6-3-12-9-23-10-13(12)7-15/h1-7,16-17H,8-10H2,(H2,20,21,22)/t16-,17+/m0/s1. The maximum absolute atomic E-state index is 12.9. The maximum atomic E-state index is 12.9. The van der Waals surface area contributed by atoms with E-state index < -0.39 is 0 Å². The lowest BCUT2D eigenvalue weighted by Gasteiger charge is -2.09. The topological polar surface area (TPSA) is 50.4 Å². The van der Waals surface area contributed by atoms with Gasteiger partial charge >= 0.3 is 6.03 Å². The van der Waals surface area contributed by atoms with Crippen LogP contribution < -0.4 is 10.6 Å². The Morgan fingerprint density at radius 3 is 2.70 bits per heavy atom. The lowest BCUT2D eigenvalue weighted by molar-refractivity contribution is 0.134. The summed E-state index contributed by atoms with van der Waals surface area (Å²) in [5.74, 6) is 0.0343. The zero-order chi connectivity index (χ0) is 15.8. The van der Waals surface area contributed by atoms with Gasteiger partial charge < -0.3 is 15.4 Å². The molecule has 2 N–H and O–H groups in total. The van der Waals surface area contributed by atoms with Crippen LogP contribution in [0, 0.1) is 5.82 Å². The molecule has 1 aliphatic heterocycles. The third-order valence-corrected chi connectivity index (χ3v) is 4.38. The normalized spacial score (nSPS) is 21.6. The van der Waals surface area contributed by atoms with Gasteiger partial charge in [-0.25, -0.2) is 9.18 Å². The number of anilines is 1. The molecule has 2 aliphatic rings. The number of benzene rings is 2. The molecule has 0 bridgehead atoms. The number of ether oxygens (including phenoxy) is 1. The van der Waals surface area contributed by atoms with Gasteiger partial charge in [-0.1, -0.05) is 18.2 Å². The van der Waals surface area contributed by atoms with Crippen LogP contribution in [-0.4, -0.2) is 12.1 Å². The first-order chi connectivity index (χ1) is 11.2. The van der Waals surface area contributed by atoms with E-state index in [1.54, 1.807) is 12.1 Å². The Labute approximate surface area is 133 Å². The fourth-order valence-corrected chi connectivity index (χ4v) is 3.02. The van der Waals surface area contributed by atoms with Crippen molar-refractivity contribution in [2.45, 2.75) is 31.6 Å². The molecule has 4 nitrogen and oxygen atoms in total. The summed E-state index contributed by atoms with van der Waals surface area (Å²) in [6.45, 7) is 1.24. The molecule has 4 rings (SSSR count). The third kappa shape index (κ3) is 3.05. The predicted molar refractivity (Wildman–Crippen MR) is 84.6 cm³/mol. The Balaban J connectivity index is 1.33. The van der Waals surface area contributed by atoms with Gasteiger partial charge in [0.2, 0.25) is 0 Å². The van der Waals surface area contributed by atoms with Gasteiger partial charge in [-0.2, -0.15) is 0 Å². The molecule has 1 heterocycles. The zero-order valence-electron chi connectivity index (χ0n) is 12.5. The second-order valence-electron chi connectivity index (χ2n) is 6.07. The molecule has 1 aliphatic carbocycles. The number of fused-ring (bicyclic) bond motifs is 1. The van der Waals surface area contributed by atoms with E-state index in [4.69, 9.17) is 4.74 Å². The number of rotatable bonds is 3. The van der Waals surface area contributed by atoms with E-state index in [-0.39, 0.29) is 23.8 Å². The van der Waals surface area contributed by atoms with Crippen LogP contribution in [0.15, 0.2) is 42.5 Å². The van der Waals surface area contributed by atoms with Crippen molar-refractivity contribution in [2.24, 2.45) is 0 Å². The fraction of sp³-hybridized carbons (Fsp3) is 0.278. The highest BCUT2D eigenvalue weighted by atomic mass is 19.1. The minimum absolute atomic E-state index is 0.109. The van der Waals surface area contributed by atoms with Gasteiger partial charge in [-0.3, -0.25) is 0 Å². The number of amides is 2. The molecule has 0 saturated heterocycles. The van der Waals surface area contributed by atoms with E-state index in [0.717, 1.165) is 23.2 Å². The summed E-state index contributed by atoms with van der Waals surface area (Å²) in [4.78, 5) is 12.1. The van der Waals surface area contributed by atoms with Crippen molar-refractivity contribution in [1.29, 1.82) is 0 Å². The SMILES string of the molecule is O=C(Nc1ccc2c(c1)COC2)N[C@@H]1C[C@H]1c1ccc(F)cc1. The quantitative estimate of drug-likeness (QED) is 0.911. The molecule has 2 amide bonds.